The van der Waals surface area contributed by atoms with Gasteiger partial charge >= 0.3 is 0 Å². The summed E-state index contributed by atoms with van der Waals surface area (Å²) in [6.45, 7) is 5.81. The van der Waals surface area contributed by atoms with Gasteiger partial charge in [-0.15, -0.1) is 16.8 Å². The summed E-state index contributed by atoms with van der Waals surface area (Å²) >= 11 is 1.22. The Hall–Kier alpha value is -2.85. The summed E-state index contributed by atoms with van der Waals surface area (Å²) in [6, 6.07) is 11.5. The predicted octanol–water partition coefficient (Wildman–Crippen LogP) is 2.55. The SMILES string of the molecule is C=CCn1c(SCC(=O)/C(C#N)=C(/C)N)nnc1-c1ccccc1. The first-order chi connectivity index (χ1) is 11.6. The molecule has 6 nitrogen and oxygen atoms in total. The minimum absolute atomic E-state index is 0.0134. The van der Waals surface area contributed by atoms with Crippen molar-refractivity contribution in [2.24, 2.45) is 5.73 Å². The van der Waals surface area contributed by atoms with E-state index in [4.69, 9.17) is 11.0 Å². The van der Waals surface area contributed by atoms with E-state index in [-0.39, 0.29) is 22.8 Å². The molecular weight excluding hydrogens is 322 g/mol. The lowest BCUT2D eigenvalue weighted by Crippen LogP contribution is -2.11. The third-order valence-electron chi connectivity index (χ3n) is 3.18. The van der Waals surface area contributed by atoms with Crippen molar-refractivity contribution in [1.29, 1.82) is 5.26 Å². The molecule has 24 heavy (non-hydrogen) atoms. The molecule has 0 aliphatic carbocycles. The van der Waals surface area contributed by atoms with Crippen molar-refractivity contribution in [3.8, 4) is 17.5 Å². The average molecular weight is 339 g/mol. The third kappa shape index (κ3) is 3.91. The van der Waals surface area contributed by atoms with E-state index in [0.29, 0.717) is 17.5 Å². The molecule has 0 amide bonds. The molecule has 2 rings (SSSR count). The molecule has 1 heterocycles. The first-order valence-corrected chi connectivity index (χ1v) is 8.19. The minimum Gasteiger partial charge on any atom is -0.401 e. The molecule has 0 radical (unpaired) electrons. The first-order valence-electron chi connectivity index (χ1n) is 7.20. The topological polar surface area (TPSA) is 97.6 Å². The van der Waals surface area contributed by atoms with Gasteiger partial charge in [0, 0.05) is 17.8 Å². The number of carbonyl (C=O) groups is 1. The second kappa shape index (κ2) is 8.13. The number of aromatic nitrogens is 3. The minimum atomic E-state index is -0.322. The van der Waals surface area contributed by atoms with Crippen LogP contribution < -0.4 is 5.73 Å². The van der Waals surface area contributed by atoms with Crippen LogP contribution in [-0.2, 0) is 11.3 Å². The largest absolute Gasteiger partial charge is 0.401 e. The van der Waals surface area contributed by atoms with Crippen molar-refractivity contribution in [2.45, 2.75) is 18.6 Å². The highest BCUT2D eigenvalue weighted by atomic mass is 32.2. The van der Waals surface area contributed by atoms with E-state index in [1.54, 1.807) is 6.08 Å². The Morgan fingerprint density at radius 3 is 2.71 bits per heavy atom. The number of allylic oxidation sites excluding steroid dienone is 3. The van der Waals surface area contributed by atoms with Gasteiger partial charge in [-0.1, -0.05) is 48.2 Å². The summed E-state index contributed by atoms with van der Waals surface area (Å²) in [6.07, 6.45) is 1.74. The first kappa shape index (κ1) is 17.5. The van der Waals surface area contributed by atoms with Gasteiger partial charge < -0.3 is 5.73 Å². The van der Waals surface area contributed by atoms with Crippen LogP contribution in [0.3, 0.4) is 0 Å². The summed E-state index contributed by atoms with van der Waals surface area (Å²) in [5.74, 6) is 0.454. The van der Waals surface area contributed by atoms with Crippen molar-refractivity contribution in [1.82, 2.24) is 14.8 Å². The standard InChI is InChI=1S/C17H17N5OS/c1-3-9-22-16(13-7-5-4-6-8-13)20-21-17(22)24-11-15(23)14(10-18)12(2)19/h3-8H,1,9,11,19H2,2H3/b14-12-. The zero-order valence-corrected chi connectivity index (χ0v) is 14.1. The normalized spacial score (nSPS) is 11.5. The van der Waals surface area contributed by atoms with Crippen LogP contribution in [0.2, 0.25) is 0 Å². The van der Waals surface area contributed by atoms with E-state index in [1.165, 1.54) is 18.7 Å². The number of hydrogen-bond acceptors (Lipinski definition) is 6. The van der Waals surface area contributed by atoms with Crippen LogP contribution >= 0.6 is 11.8 Å². The molecule has 122 valence electrons. The predicted molar refractivity (Wildman–Crippen MR) is 93.9 cm³/mol. The van der Waals surface area contributed by atoms with Gasteiger partial charge in [0.05, 0.1) is 5.75 Å². The van der Waals surface area contributed by atoms with Crippen LogP contribution in [0.25, 0.3) is 11.4 Å². The van der Waals surface area contributed by atoms with Gasteiger partial charge in [0.2, 0.25) is 0 Å². The second-order valence-corrected chi connectivity index (χ2v) is 5.90. The molecule has 0 unspecified atom stereocenters. The van der Waals surface area contributed by atoms with Gasteiger partial charge in [0.1, 0.15) is 11.6 Å². The van der Waals surface area contributed by atoms with Gasteiger partial charge in [-0.05, 0) is 6.92 Å². The molecular formula is C17H17N5OS. The van der Waals surface area contributed by atoms with E-state index in [0.717, 1.165) is 5.56 Å². The average Bonchev–Trinajstić information content (AvgIpc) is 2.97. The Labute approximate surface area is 144 Å². The van der Waals surface area contributed by atoms with Crippen molar-refractivity contribution in [3.63, 3.8) is 0 Å². The Bertz CT molecular complexity index is 813. The maximum atomic E-state index is 12.1. The second-order valence-electron chi connectivity index (χ2n) is 4.95. The summed E-state index contributed by atoms with van der Waals surface area (Å²) in [5, 5.41) is 18.0. The molecule has 1 aromatic heterocycles. The zero-order valence-electron chi connectivity index (χ0n) is 13.3. The van der Waals surface area contributed by atoms with Crippen molar-refractivity contribution in [3.05, 3.63) is 54.3 Å². The molecule has 0 bridgehead atoms. The molecule has 2 N–H and O–H groups in total. The highest BCUT2D eigenvalue weighted by molar-refractivity contribution is 7.99. The van der Waals surface area contributed by atoms with Crippen LogP contribution in [0.15, 0.2) is 59.4 Å². The lowest BCUT2D eigenvalue weighted by molar-refractivity contribution is -0.112. The zero-order chi connectivity index (χ0) is 17.5. The molecule has 0 fully saturated rings. The highest BCUT2D eigenvalue weighted by Crippen LogP contribution is 2.24. The summed E-state index contributed by atoms with van der Waals surface area (Å²) in [4.78, 5) is 12.1. The van der Waals surface area contributed by atoms with Crippen molar-refractivity contribution in [2.75, 3.05) is 5.75 Å². The highest BCUT2D eigenvalue weighted by Gasteiger charge is 2.17. The molecule has 1 aromatic carbocycles. The lowest BCUT2D eigenvalue weighted by Gasteiger charge is -2.07. The molecule has 0 saturated heterocycles. The Kier molecular flexibility index (Phi) is 5.93. The fourth-order valence-corrected chi connectivity index (χ4v) is 2.88. The maximum absolute atomic E-state index is 12.1. The Morgan fingerprint density at radius 2 is 2.12 bits per heavy atom. The number of nitriles is 1. The molecule has 0 atom stereocenters. The van der Waals surface area contributed by atoms with Crippen molar-refractivity contribution < 1.29 is 4.79 Å². The van der Waals surface area contributed by atoms with E-state index in [2.05, 4.69) is 16.8 Å². The fourth-order valence-electron chi connectivity index (χ4n) is 2.06. The van der Waals surface area contributed by atoms with Gasteiger partial charge in [-0.3, -0.25) is 9.36 Å². The van der Waals surface area contributed by atoms with Gasteiger partial charge in [-0.25, -0.2) is 0 Å². The van der Waals surface area contributed by atoms with Crippen LogP contribution in [0.5, 0.6) is 0 Å². The number of nitrogens with zero attached hydrogens (tertiary/aromatic N) is 4. The number of Topliss-reactive ketones (excluding diaryl/α,β-unsaturated/α-hetero) is 1. The number of ketones is 1. The molecule has 2 aromatic rings. The molecule has 7 heteroatoms. The van der Waals surface area contributed by atoms with Crippen molar-refractivity contribution >= 4 is 17.5 Å². The van der Waals surface area contributed by atoms with Crippen LogP contribution in [-0.4, -0.2) is 26.3 Å². The summed E-state index contributed by atoms with van der Waals surface area (Å²) in [5.41, 5.74) is 6.70. The number of thioether (sulfide) groups is 1. The van der Waals surface area contributed by atoms with E-state index in [9.17, 15) is 4.79 Å². The maximum Gasteiger partial charge on any atom is 0.192 e. The van der Waals surface area contributed by atoms with Gasteiger partial charge in [0.15, 0.2) is 16.8 Å². The monoisotopic (exact) mass is 339 g/mol. The van der Waals surface area contributed by atoms with E-state index in [1.807, 2.05) is 41.0 Å². The number of rotatable bonds is 7. The van der Waals surface area contributed by atoms with E-state index < -0.39 is 0 Å². The quantitative estimate of drug-likeness (QED) is 0.360. The third-order valence-corrected chi connectivity index (χ3v) is 4.14. The Morgan fingerprint density at radius 1 is 1.42 bits per heavy atom. The van der Waals surface area contributed by atoms with Crippen LogP contribution in [0.4, 0.5) is 0 Å². The summed E-state index contributed by atoms with van der Waals surface area (Å²) < 4.78 is 1.88. The van der Waals surface area contributed by atoms with Gasteiger partial charge in [-0.2, -0.15) is 5.26 Å². The van der Waals surface area contributed by atoms with Crippen LogP contribution in [0, 0.1) is 11.3 Å². The molecule has 0 saturated carbocycles. The van der Waals surface area contributed by atoms with E-state index >= 15 is 0 Å². The molecule has 0 spiro atoms. The molecule has 0 aliphatic heterocycles. The van der Waals surface area contributed by atoms with Gasteiger partial charge in [0.25, 0.3) is 0 Å². The van der Waals surface area contributed by atoms with Crippen LogP contribution in [0.1, 0.15) is 6.92 Å². The number of carbonyl (C=O) groups excluding carboxylic acids is 1. The Balaban J connectivity index is 2.24. The number of nitrogens with two attached hydrogens (primary N) is 1. The molecule has 0 aliphatic rings. The number of benzene rings is 1. The number of hydrogen-bond donors (Lipinski definition) is 1. The smallest absolute Gasteiger partial charge is 0.192 e. The summed E-state index contributed by atoms with van der Waals surface area (Å²) in [7, 11) is 0. The fraction of sp³-hybridized carbons (Fsp3) is 0.176. The lowest BCUT2D eigenvalue weighted by atomic mass is 10.2.